The van der Waals surface area contributed by atoms with Gasteiger partial charge in [0.05, 0.1) is 12.5 Å². The second-order valence-electron chi connectivity index (χ2n) is 4.15. The molecule has 1 amide bonds. The van der Waals surface area contributed by atoms with Gasteiger partial charge in [-0.05, 0) is 23.6 Å². The molecule has 0 radical (unpaired) electrons. The number of nitrogens with two attached hydrogens (primary N) is 1. The van der Waals surface area contributed by atoms with Gasteiger partial charge in [0.1, 0.15) is 0 Å². The Hall–Kier alpha value is -1.86. The topological polar surface area (TPSA) is 70.1 Å². The van der Waals surface area contributed by atoms with Crippen molar-refractivity contribution in [2.75, 3.05) is 11.4 Å². The van der Waals surface area contributed by atoms with Crippen LogP contribution >= 0.6 is 0 Å². The Labute approximate surface area is 101 Å². The molecule has 0 spiro atoms. The van der Waals surface area contributed by atoms with E-state index in [-0.39, 0.29) is 5.91 Å². The van der Waals surface area contributed by atoms with Gasteiger partial charge in [0.15, 0.2) is 0 Å². The molecule has 17 heavy (non-hydrogen) atoms. The number of fused-ring (bicyclic) bond motifs is 1. The molecule has 0 saturated heterocycles. The lowest BCUT2D eigenvalue weighted by Crippen LogP contribution is -2.27. The standard InChI is InChI=1S/C13H15N3O/c14-5-1-2-6-16-12-4-3-10(9-15)7-11(12)8-13(16)17/h3-4,7H,1-2,6,8-9,15H2. The first-order chi connectivity index (χ1) is 8.26. The summed E-state index contributed by atoms with van der Waals surface area (Å²) in [5, 5.41) is 8.50. The number of rotatable bonds is 4. The molecule has 4 heteroatoms. The highest BCUT2D eigenvalue weighted by molar-refractivity contribution is 6.01. The first-order valence-electron chi connectivity index (χ1n) is 5.75. The van der Waals surface area contributed by atoms with E-state index < -0.39 is 0 Å². The van der Waals surface area contributed by atoms with E-state index in [0.29, 0.717) is 25.9 Å². The summed E-state index contributed by atoms with van der Waals surface area (Å²) in [6.45, 7) is 1.12. The second-order valence-corrected chi connectivity index (χ2v) is 4.15. The Morgan fingerprint density at radius 1 is 1.47 bits per heavy atom. The van der Waals surface area contributed by atoms with Gasteiger partial charge in [-0.3, -0.25) is 4.79 Å². The Balaban J connectivity index is 2.17. The van der Waals surface area contributed by atoms with Crippen LogP contribution in [0.5, 0.6) is 0 Å². The third kappa shape index (κ3) is 2.29. The van der Waals surface area contributed by atoms with E-state index in [4.69, 9.17) is 11.0 Å². The molecular formula is C13H15N3O. The zero-order chi connectivity index (χ0) is 12.3. The van der Waals surface area contributed by atoms with Crippen LogP contribution < -0.4 is 10.6 Å². The number of benzene rings is 1. The third-order valence-corrected chi connectivity index (χ3v) is 2.98. The van der Waals surface area contributed by atoms with Crippen LogP contribution in [0.3, 0.4) is 0 Å². The van der Waals surface area contributed by atoms with Crippen molar-refractivity contribution in [3.63, 3.8) is 0 Å². The number of carbonyl (C=O) groups is 1. The third-order valence-electron chi connectivity index (χ3n) is 2.98. The molecule has 1 aliphatic rings. The number of unbranched alkanes of at least 4 members (excludes halogenated alkanes) is 1. The lowest BCUT2D eigenvalue weighted by molar-refractivity contribution is -0.117. The Morgan fingerprint density at radius 3 is 3.00 bits per heavy atom. The summed E-state index contributed by atoms with van der Waals surface area (Å²) < 4.78 is 0. The lowest BCUT2D eigenvalue weighted by Gasteiger charge is -2.16. The van der Waals surface area contributed by atoms with Crippen LogP contribution in [0.2, 0.25) is 0 Å². The summed E-state index contributed by atoms with van der Waals surface area (Å²) >= 11 is 0. The molecule has 0 unspecified atom stereocenters. The monoisotopic (exact) mass is 229 g/mol. The van der Waals surface area contributed by atoms with Crippen LogP contribution in [0.4, 0.5) is 5.69 Å². The van der Waals surface area contributed by atoms with Crippen LogP contribution in [0.1, 0.15) is 24.0 Å². The summed E-state index contributed by atoms with van der Waals surface area (Å²) in [6, 6.07) is 8.00. The fourth-order valence-electron chi connectivity index (χ4n) is 2.12. The maximum absolute atomic E-state index is 11.8. The number of hydrogen-bond donors (Lipinski definition) is 1. The Morgan fingerprint density at radius 2 is 2.29 bits per heavy atom. The summed E-state index contributed by atoms with van der Waals surface area (Å²) in [5.41, 5.74) is 8.66. The van der Waals surface area contributed by atoms with E-state index in [1.807, 2.05) is 18.2 Å². The van der Waals surface area contributed by atoms with E-state index in [1.54, 1.807) is 4.90 Å². The maximum atomic E-state index is 11.8. The number of anilines is 1. The number of hydrogen-bond acceptors (Lipinski definition) is 3. The van der Waals surface area contributed by atoms with Crippen molar-refractivity contribution in [3.05, 3.63) is 29.3 Å². The minimum Gasteiger partial charge on any atom is -0.326 e. The Bertz CT molecular complexity index is 476. The lowest BCUT2D eigenvalue weighted by atomic mass is 10.1. The maximum Gasteiger partial charge on any atom is 0.231 e. The van der Waals surface area contributed by atoms with Crippen LogP contribution in [0.25, 0.3) is 0 Å². The average Bonchev–Trinajstić information content (AvgIpc) is 2.65. The molecule has 0 fully saturated rings. The van der Waals surface area contributed by atoms with Gasteiger partial charge in [-0.2, -0.15) is 5.26 Å². The van der Waals surface area contributed by atoms with Gasteiger partial charge in [-0.25, -0.2) is 0 Å². The summed E-state index contributed by atoms with van der Waals surface area (Å²) in [6.07, 6.45) is 1.66. The predicted octanol–water partition coefficient (Wildman–Crippen LogP) is 1.34. The summed E-state index contributed by atoms with van der Waals surface area (Å²) in [5.74, 6) is 0.118. The van der Waals surface area contributed by atoms with Crippen molar-refractivity contribution in [1.82, 2.24) is 0 Å². The molecule has 4 nitrogen and oxygen atoms in total. The minimum absolute atomic E-state index is 0.118. The van der Waals surface area contributed by atoms with Crippen molar-refractivity contribution in [2.45, 2.75) is 25.8 Å². The van der Waals surface area contributed by atoms with Gasteiger partial charge in [0.2, 0.25) is 5.91 Å². The van der Waals surface area contributed by atoms with Crippen molar-refractivity contribution < 1.29 is 4.79 Å². The van der Waals surface area contributed by atoms with Crippen LogP contribution in [-0.4, -0.2) is 12.5 Å². The molecule has 0 bridgehead atoms. The van der Waals surface area contributed by atoms with Gasteiger partial charge < -0.3 is 10.6 Å². The van der Waals surface area contributed by atoms with Crippen LogP contribution in [0, 0.1) is 11.3 Å². The number of nitrogens with zero attached hydrogens (tertiary/aromatic N) is 2. The number of amides is 1. The average molecular weight is 229 g/mol. The van der Waals surface area contributed by atoms with E-state index >= 15 is 0 Å². The molecule has 0 saturated carbocycles. The normalized spacial score (nSPS) is 13.6. The molecule has 0 aromatic heterocycles. The quantitative estimate of drug-likeness (QED) is 0.792. The molecule has 0 atom stereocenters. The zero-order valence-electron chi connectivity index (χ0n) is 9.65. The molecule has 1 heterocycles. The highest BCUT2D eigenvalue weighted by atomic mass is 16.2. The summed E-state index contributed by atoms with van der Waals surface area (Å²) in [7, 11) is 0. The summed E-state index contributed by atoms with van der Waals surface area (Å²) in [4.78, 5) is 13.6. The largest absolute Gasteiger partial charge is 0.326 e. The van der Waals surface area contributed by atoms with Gasteiger partial charge in [0.25, 0.3) is 0 Å². The molecule has 2 rings (SSSR count). The smallest absolute Gasteiger partial charge is 0.231 e. The fraction of sp³-hybridized carbons (Fsp3) is 0.385. The highest BCUT2D eigenvalue weighted by Gasteiger charge is 2.26. The first-order valence-corrected chi connectivity index (χ1v) is 5.75. The van der Waals surface area contributed by atoms with E-state index in [9.17, 15) is 4.79 Å². The molecular weight excluding hydrogens is 214 g/mol. The molecule has 88 valence electrons. The van der Waals surface area contributed by atoms with Gasteiger partial charge in [-0.1, -0.05) is 12.1 Å². The molecule has 1 aromatic rings. The number of nitriles is 1. The fourth-order valence-corrected chi connectivity index (χ4v) is 2.12. The Kier molecular flexibility index (Phi) is 3.40. The zero-order valence-corrected chi connectivity index (χ0v) is 9.65. The van der Waals surface area contributed by atoms with Gasteiger partial charge in [0, 0.05) is 25.2 Å². The SMILES string of the molecule is N#CCCCN1C(=O)Cc2cc(CN)ccc21. The predicted molar refractivity (Wildman–Crippen MR) is 65.2 cm³/mol. The van der Waals surface area contributed by atoms with Gasteiger partial charge >= 0.3 is 0 Å². The van der Waals surface area contributed by atoms with Crippen LogP contribution in [-0.2, 0) is 17.8 Å². The molecule has 0 aliphatic carbocycles. The van der Waals surface area contributed by atoms with E-state index in [2.05, 4.69) is 6.07 Å². The van der Waals surface area contributed by atoms with Crippen molar-refractivity contribution in [3.8, 4) is 6.07 Å². The van der Waals surface area contributed by atoms with Crippen molar-refractivity contribution in [1.29, 1.82) is 5.26 Å². The minimum atomic E-state index is 0.118. The molecule has 1 aromatic carbocycles. The first kappa shape index (κ1) is 11.6. The highest BCUT2D eigenvalue weighted by Crippen LogP contribution is 2.29. The molecule has 2 N–H and O–H groups in total. The van der Waals surface area contributed by atoms with Crippen molar-refractivity contribution in [2.24, 2.45) is 5.73 Å². The molecule has 1 aliphatic heterocycles. The number of carbonyl (C=O) groups excluding carboxylic acids is 1. The van der Waals surface area contributed by atoms with E-state index in [1.165, 1.54) is 0 Å². The van der Waals surface area contributed by atoms with Gasteiger partial charge in [-0.15, -0.1) is 0 Å². The second kappa shape index (κ2) is 4.98. The van der Waals surface area contributed by atoms with Crippen molar-refractivity contribution >= 4 is 11.6 Å². The van der Waals surface area contributed by atoms with E-state index in [0.717, 1.165) is 23.2 Å². The van der Waals surface area contributed by atoms with Crippen LogP contribution in [0.15, 0.2) is 18.2 Å².